The number of nitrogens with one attached hydrogen (secondary N) is 2. The minimum Gasteiger partial charge on any atom is -0.466 e. The van der Waals surface area contributed by atoms with Crippen LogP contribution < -0.4 is 16.4 Å². The molecule has 1 aromatic heterocycles. The van der Waals surface area contributed by atoms with Crippen LogP contribution in [0.3, 0.4) is 0 Å². The van der Waals surface area contributed by atoms with Crippen molar-refractivity contribution in [3.8, 4) is 0 Å². The lowest BCUT2D eigenvalue weighted by atomic mass is 9.89. The summed E-state index contributed by atoms with van der Waals surface area (Å²) >= 11 is 1.28. The van der Waals surface area contributed by atoms with Gasteiger partial charge in [-0.1, -0.05) is 5.10 Å². The van der Waals surface area contributed by atoms with Gasteiger partial charge in [0.15, 0.2) is 17.5 Å². The van der Waals surface area contributed by atoms with Crippen molar-refractivity contribution in [2.24, 2.45) is 5.92 Å². The summed E-state index contributed by atoms with van der Waals surface area (Å²) in [4.78, 5) is 24.8. The number of nitrogens with zero attached hydrogens (tertiary/aromatic N) is 2. The predicted molar refractivity (Wildman–Crippen MR) is 131 cm³/mol. The van der Waals surface area contributed by atoms with Gasteiger partial charge in [-0.25, -0.2) is 17.6 Å². The second-order valence-electron chi connectivity index (χ2n) is 8.42. The molecule has 0 aliphatic heterocycles. The molecular weight excluding hydrogens is 530 g/mol. The van der Waals surface area contributed by atoms with Crippen molar-refractivity contribution in [1.29, 1.82) is 0 Å². The molecule has 3 aromatic rings. The third kappa shape index (κ3) is 6.18. The second-order valence-corrected chi connectivity index (χ2v) is 9.77. The molecule has 1 saturated carbocycles. The van der Waals surface area contributed by atoms with Gasteiger partial charge < -0.3 is 25.5 Å². The number of esters is 1. The van der Waals surface area contributed by atoms with Crippen molar-refractivity contribution in [2.45, 2.75) is 42.8 Å². The highest BCUT2D eigenvalue weighted by molar-refractivity contribution is 8.00. The number of nitrogen functional groups attached to an aromatic ring is 1. The number of nitrogens with two attached hydrogens (primary N) is 1. The first-order valence-electron chi connectivity index (χ1n) is 11.6. The van der Waals surface area contributed by atoms with Crippen LogP contribution in [0.2, 0.25) is 0 Å². The fraction of sp³-hybridized carbons (Fsp3) is 0.333. The van der Waals surface area contributed by atoms with E-state index in [1.54, 1.807) is 6.92 Å². The standard InChI is InChI=1S/C24H23F4N5O4S/c1-2-36-23(35)11-3-5-12(6-4-11)38-18-8-7-16(29)20(19(18)28)31-21(34)22-32-33-24(37-22)30-17-10-14(26)13(25)9-15(17)27/h7-12H,2-6,29H2,1H3,(H,30,33)(H,31,34). The average molecular weight is 554 g/mol. The van der Waals surface area contributed by atoms with Gasteiger partial charge in [0, 0.05) is 22.3 Å². The highest BCUT2D eigenvalue weighted by atomic mass is 32.2. The minimum absolute atomic E-state index is 0.0482. The molecular formula is C24H23F4N5O4S. The quantitative estimate of drug-likeness (QED) is 0.145. The van der Waals surface area contributed by atoms with Crippen molar-refractivity contribution < 1.29 is 36.3 Å². The third-order valence-electron chi connectivity index (χ3n) is 5.84. The van der Waals surface area contributed by atoms with Gasteiger partial charge in [0.1, 0.15) is 11.5 Å². The molecule has 0 spiro atoms. The summed E-state index contributed by atoms with van der Waals surface area (Å²) in [7, 11) is 0. The van der Waals surface area contributed by atoms with Crippen LogP contribution in [-0.4, -0.2) is 33.9 Å². The highest BCUT2D eigenvalue weighted by Gasteiger charge is 2.29. The van der Waals surface area contributed by atoms with Gasteiger partial charge >= 0.3 is 23.8 Å². The largest absolute Gasteiger partial charge is 0.466 e. The van der Waals surface area contributed by atoms with E-state index in [2.05, 4.69) is 20.8 Å². The SMILES string of the molecule is CCOC(=O)C1CCC(Sc2ccc(N)c(NC(=O)c3nnc(Nc4cc(F)c(F)cc4F)o3)c2F)CC1. The first-order valence-corrected chi connectivity index (χ1v) is 12.5. The summed E-state index contributed by atoms with van der Waals surface area (Å²) in [5, 5.41) is 11.6. The Balaban J connectivity index is 1.41. The molecule has 1 aliphatic rings. The number of rotatable bonds is 8. The Bertz CT molecular complexity index is 1350. The Morgan fingerprint density at radius 2 is 1.79 bits per heavy atom. The maximum atomic E-state index is 15.3. The molecule has 38 heavy (non-hydrogen) atoms. The fourth-order valence-electron chi connectivity index (χ4n) is 3.91. The normalized spacial score (nSPS) is 17.2. The molecule has 1 heterocycles. The van der Waals surface area contributed by atoms with E-state index < -0.39 is 46.8 Å². The van der Waals surface area contributed by atoms with Gasteiger partial charge in [-0.3, -0.25) is 9.59 Å². The van der Waals surface area contributed by atoms with Crippen LogP contribution >= 0.6 is 11.8 Å². The van der Waals surface area contributed by atoms with Crippen molar-refractivity contribution in [2.75, 3.05) is 23.0 Å². The minimum atomic E-state index is -1.39. The first-order chi connectivity index (χ1) is 18.2. The van der Waals surface area contributed by atoms with Crippen molar-refractivity contribution >= 4 is 46.7 Å². The highest BCUT2D eigenvalue weighted by Crippen LogP contribution is 2.40. The van der Waals surface area contributed by atoms with E-state index in [0.29, 0.717) is 44.4 Å². The lowest BCUT2D eigenvalue weighted by Crippen LogP contribution is -2.24. The average Bonchev–Trinajstić information content (AvgIpc) is 3.36. The smallest absolute Gasteiger partial charge is 0.320 e. The van der Waals surface area contributed by atoms with Crippen molar-refractivity contribution in [1.82, 2.24) is 10.2 Å². The van der Waals surface area contributed by atoms with Crippen LogP contribution in [0.15, 0.2) is 33.6 Å². The number of halogens is 4. The number of aromatic nitrogens is 2. The van der Waals surface area contributed by atoms with Gasteiger partial charge in [-0.15, -0.1) is 16.9 Å². The molecule has 0 unspecified atom stereocenters. The van der Waals surface area contributed by atoms with Gasteiger partial charge in [0.25, 0.3) is 0 Å². The van der Waals surface area contributed by atoms with E-state index >= 15 is 4.39 Å². The zero-order valence-electron chi connectivity index (χ0n) is 20.0. The van der Waals surface area contributed by atoms with Crippen molar-refractivity contribution in [3.63, 3.8) is 0 Å². The maximum absolute atomic E-state index is 15.3. The number of hydrogen-bond donors (Lipinski definition) is 3. The molecule has 0 radical (unpaired) electrons. The molecule has 2 aromatic carbocycles. The summed E-state index contributed by atoms with van der Waals surface area (Å²) in [6, 6.07) is 3.32. The van der Waals surface area contributed by atoms with Crippen LogP contribution in [-0.2, 0) is 9.53 Å². The summed E-state index contributed by atoms with van der Waals surface area (Å²) in [6.45, 7) is 2.08. The number of carbonyl (C=O) groups is 2. The number of amides is 1. The van der Waals surface area contributed by atoms with E-state index in [9.17, 15) is 22.8 Å². The van der Waals surface area contributed by atoms with Gasteiger partial charge in [0.05, 0.1) is 23.9 Å². The number of carbonyl (C=O) groups excluding carboxylic acids is 2. The zero-order chi connectivity index (χ0) is 27.4. The van der Waals surface area contributed by atoms with E-state index in [0.717, 1.165) is 0 Å². The molecule has 0 atom stereocenters. The van der Waals surface area contributed by atoms with Gasteiger partial charge in [-0.05, 0) is 44.7 Å². The van der Waals surface area contributed by atoms with Gasteiger partial charge in [0.2, 0.25) is 0 Å². The molecule has 1 aliphatic carbocycles. The molecule has 4 N–H and O–H groups in total. The second kappa shape index (κ2) is 11.7. The van der Waals surface area contributed by atoms with Crippen LogP contribution in [0, 0.1) is 29.2 Å². The lowest BCUT2D eigenvalue weighted by Gasteiger charge is -2.27. The Labute approximate surface area is 218 Å². The Kier molecular flexibility index (Phi) is 8.39. The Morgan fingerprint density at radius 1 is 1.08 bits per heavy atom. The summed E-state index contributed by atoms with van der Waals surface area (Å²) < 4.78 is 65.8. The van der Waals surface area contributed by atoms with Crippen LogP contribution in [0.25, 0.3) is 0 Å². The predicted octanol–water partition coefficient (Wildman–Crippen LogP) is 5.42. The number of ether oxygens (including phenoxy) is 1. The third-order valence-corrected chi connectivity index (χ3v) is 7.21. The Morgan fingerprint density at radius 3 is 2.50 bits per heavy atom. The molecule has 9 nitrogen and oxygen atoms in total. The fourth-order valence-corrected chi connectivity index (χ4v) is 5.13. The topological polar surface area (TPSA) is 132 Å². The Hall–Kier alpha value is -3.81. The first kappa shape index (κ1) is 27.2. The molecule has 202 valence electrons. The molecule has 1 amide bonds. The monoisotopic (exact) mass is 553 g/mol. The van der Waals surface area contributed by atoms with Crippen molar-refractivity contribution in [3.05, 3.63) is 53.4 Å². The van der Waals surface area contributed by atoms with Crippen LogP contribution in [0.5, 0.6) is 0 Å². The zero-order valence-corrected chi connectivity index (χ0v) is 20.8. The molecule has 4 rings (SSSR count). The van der Waals surface area contributed by atoms with E-state index in [-0.39, 0.29) is 33.4 Å². The number of hydrogen-bond acceptors (Lipinski definition) is 9. The maximum Gasteiger partial charge on any atom is 0.320 e. The number of anilines is 4. The summed E-state index contributed by atoms with van der Waals surface area (Å²) in [5.74, 6) is -6.59. The molecule has 0 saturated heterocycles. The number of thioether (sulfide) groups is 1. The number of benzene rings is 2. The van der Waals surface area contributed by atoms with E-state index in [4.69, 9.17) is 14.9 Å². The lowest BCUT2D eigenvalue weighted by molar-refractivity contribution is -0.149. The van der Waals surface area contributed by atoms with E-state index in [1.165, 1.54) is 23.9 Å². The van der Waals surface area contributed by atoms with Gasteiger partial charge in [-0.2, -0.15) is 0 Å². The molecule has 14 heteroatoms. The van der Waals surface area contributed by atoms with Crippen LogP contribution in [0.1, 0.15) is 43.3 Å². The molecule has 1 fully saturated rings. The molecule has 0 bridgehead atoms. The van der Waals surface area contributed by atoms with Crippen LogP contribution in [0.4, 0.5) is 40.6 Å². The summed E-state index contributed by atoms with van der Waals surface area (Å²) in [6.07, 6.45) is 2.66. The van der Waals surface area contributed by atoms with E-state index in [1.807, 2.05) is 0 Å². The summed E-state index contributed by atoms with van der Waals surface area (Å²) in [5.41, 5.74) is 5.03.